The summed E-state index contributed by atoms with van der Waals surface area (Å²) in [5.74, 6) is -4.61. The van der Waals surface area contributed by atoms with Gasteiger partial charge in [-0.1, -0.05) is 0 Å². The molecule has 0 saturated carbocycles. The van der Waals surface area contributed by atoms with E-state index in [1.165, 1.54) is 0 Å². The van der Waals surface area contributed by atoms with Crippen LogP contribution in [0.1, 0.15) is 41.5 Å². The molecule has 0 aromatic rings. The van der Waals surface area contributed by atoms with Crippen molar-refractivity contribution in [2.24, 2.45) is 5.73 Å². The lowest BCUT2D eigenvalue weighted by Gasteiger charge is -2.43. The van der Waals surface area contributed by atoms with Crippen LogP contribution in [0.5, 0.6) is 0 Å². The highest BCUT2D eigenvalue weighted by Crippen LogP contribution is 2.28. The molecule has 1 rings (SSSR count). The molecule has 1 aliphatic heterocycles. The molecule has 17 heteroatoms. The molecule has 17 nitrogen and oxygen atoms in total. The first-order chi connectivity index (χ1) is 19.1. The zero-order valence-corrected chi connectivity index (χ0v) is 23.6. The third-order valence-electron chi connectivity index (χ3n) is 5.11. The van der Waals surface area contributed by atoms with Crippen molar-refractivity contribution in [2.75, 3.05) is 26.4 Å². The summed E-state index contributed by atoms with van der Waals surface area (Å²) in [5, 5.41) is 10.5. The van der Waals surface area contributed by atoms with E-state index >= 15 is 0 Å². The van der Waals surface area contributed by atoms with Crippen LogP contribution in [0.3, 0.4) is 0 Å². The van der Waals surface area contributed by atoms with Crippen molar-refractivity contribution >= 4 is 35.8 Å². The second-order valence-electron chi connectivity index (χ2n) is 8.71. The van der Waals surface area contributed by atoms with Gasteiger partial charge < -0.3 is 53.5 Å². The van der Waals surface area contributed by atoms with Gasteiger partial charge in [-0.2, -0.15) is 0 Å². The van der Waals surface area contributed by atoms with Crippen molar-refractivity contribution in [3.8, 4) is 0 Å². The molecule has 1 aliphatic rings. The molecule has 8 atom stereocenters. The average molecular weight is 596 g/mol. The van der Waals surface area contributed by atoms with Crippen LogP contribution >= 0.6 is 0 Å². The van der Waals surface area contributed by atoms with Crippen molar-refractivity contribution in [2.45, 2.75) is 90.7 Å². The summed E-state index contributed by atoms with van der Waals surface area (Å²) >= 11 is 0. The predicted octanol–water partition coefficient (Wildman–Crippen LogP) is -1.76. The Balaban J connectivity index is 3.18. The summed E-state index contributed by atoms with van der Waals surface area (Å²) < 4.78 is 47.5. The van der Waals surface area contributed by atoms with Crippen LogP contribution in [0.2, 0.25) is 0 Å². The second kappa shape index (κ2) is 17.4. The number of hydrogen-bond acceptors (Lipinski definition) is 17. The van der Waals surface area contributed by atoms with E-state index in [4.69, 9.17) is 48.4 Å². The quantitative estimate of drug-likeness (QED) is 0.121. The van der Waals surface area contributed by atoms with Crippen LogP contribution in [0.4, 0.5) is 0 Å². The third kappa shape index (κ3) is 13.2. The molecule has 0 bridgehead atoms. The molecule has 1 saturated heterocycles. The second-order valence-corrected chi connectivity index (χ2v) is 8.71. The Morgan fingerprint density at radius 1 is 0.707 bits per heavy atom. The maximum absolute atomic E-state index is 11.8. The van der Waals surface area contributed by atoms with Crippen LogP contribution in [0.15, 0.2) is 0 Å². The molecule has 1 fully saturated rings. The van der Waals surface area contributed by atoms with Gasteiger partial charge >= 0.3 is 35.8 Å². The first-order valence-electron chi connectivity index (χ1n) is 12.4. The molecule has 0 aromatic carbocycles. The smallest absolute Gasteiger partial charge is 0.303 e. The molecule has 0 aliphatic carbocycles. The first kappa shape index (κ1) is 35.6. The van der Waals surface area contributed by atoms with Crippen LogP contribution < -0.4 is 5.73 Å². The zero-order chi connectivity index (χ0) is 31.3. The van der Waals surface area contributed by atoms with E-state index in [1.807, 2.05) is 0 Å². The summed E-state index contributed by atoms with van der Waals surface area (Å²) in [6, 6.07) is 0. The van der Waals surface area contributed by atoms with Crippen molar-refractivity contribution in [3.05, 3.63) is 0 Å². The van der Waals surface area contributed by atoms with Gasteiger partial charge in [0.25, 0.3) is 0 Å². The fourth-order valence-electron chi connectivity index (χ4n) is 3.63. The van der Waals surface area contributed by atoms with Gasteiger partial charge in [-0.15, -0.1) is 0 Å². The minimum atomic E-state index is -1.82. The van der Waals surface area contributed by atoms with Crippen LogP contribution in [0.25, 0.3) is 0 Å². The van der Waals surface area contributed by atoms with Crippen molar-refractivity contribution in [1.82, 2.24) is 0 Å². The first-order valence-corrected chi connectivity index (χ1v) is 12.4. The topological polar surface area (TPSA) is 232 Å². The van der Waals surface area contributed by atoms with Gasteiger partial charge in [0.15, 0.2) is 37.0 Å². The minimum Gasteiger partial charge on any atom is -0.463 e. The van der Waals surface area contributed by atoms with Gasteiger partial charge in [-0.05, 0) is 0 Å². The zero-order valence-electron chi connectivity index (χ0n) is 23.6. The fourth-order valence-corrected chi connectivity index (χ4v) is 3.63. The van der Waals surface area contributed by atoms with Crippen LogP contribution in [-0.2, 0) is 71.4 Å². The van der Waals surface area contributed by atoms with Crippen molar-refractivity contribution in [3.63, 3.8) is 0 Å². The summed E-state index contributed by atoms with van der Waals surface area (Å²) in [6.45, 7) is 4.80. The number of aliphatic hydroxyl groups is 1. The number of carbonyl (C=O) groups excluding carboxylic acids is 6. The van der Waals surface area contributed by atoms with Crippen LogP contribution in [0, 0.1) is 0 Å². The maximum Gasteiger partial charge on any atom is 0.303 e. The van der Waals surface area contributed by atoms with Crippen molar-refractivity contribution in [1.29, 1.82) is 0 Å². The number of esters is 6. The van der Waals surface area contributed by atoms with Gasteiger partial charge in [0.05, 0.1) is 6.61 Å². The van der Waals surface area contributed by atoms with Gasteiger partial charge in [-0.3, -0.25) is 28.8 Å². The molecule has 0 radical (unpaired) electrons. The Labute approximate surface area is 235 Å². The Morgan fingerprint density at radius 3 is 1.66 bits per heavy atom. The number of aliphatic hydroxyl groups excluding tert-OH is 1. The SMILES string of the molecule is CC(=O)OCC(O[C@@H](CN)OCC1O[C@H](O)C(OC(C)=O)C(OC(C)=O)[C@@H]1OC(C)=O)[C@H](COC(C)=O)OC(C)=O. The summed E-state index contributed by atoms with van der Waals surface area (Å²) in [5.41, 5.74) is 5.78. The molecular weight excluding hydrogens is 558 g/mol. The van der Waals surface area contributed by atoms with E-state index in [0.29, 0.717) is 0 Å². The van der Waals surface area contributed by atoms with E-state index in [-0.39, 0.29) is 6.54 Å². The highest BCUT2D eigenvalue weighted by atomic mass is 16.7. The van der Waals surface area contributed by atoms with Crippen LogP contribution in [-0.4, -0.2) is 116 Å². The fraction of sp³-hybridized carbons (Fsp3) is 0.750. The Kier molecular flexibility index (Phi) is 15.2. The van der Waals surface area contributed by atoms with Gasteiger partial charge in [-0.25, -0.2) is 0 Å². The largest absolute Gasteiger partial charge is 0.463 e. The Morgan fingerprint density at radius 2 is 1.20 bits per heavy atom. The van der Waals surface area contributed by atoms with E-state index in [2.05, 4.69) is 0 Å². The average Bonchev–Trinajstić information content (AvgIpc) is 2.84. The molecular formula is C24H37NO16. The van der Waals surface area contributed by atoms with Gasteiger partial charge in [0.1, 0.15) is 25.4 Å². The lowest BCUT2D eigenvalue weighted by Crippen LogP contribution is -2.62. The Bertz CT molecular complexity index is 925. The van der Waals surface area contributed by atoms with E-state index in [9.17, 15) is 33.9 Å². The highest BCUT2D eigenvalue weighted by molar-refractivity contribution is 5.69. The molecule has 0 amide bonds. The predicted molar refractivity (Wildman–Crippen MR) is 130 cm³/mol. The number of nitrogens with two attached hydrogens (primary N) is 1. The normalized spacial score (nSPS) is 24.1. The van der Waals surface area contributed by atoms with E-state index in [0.717, 1.165) is 41.5 Å². The van der Waals surface area contributed by atoms with Crippen molar-refractivity contribution < 1.29 is 76.5 Å². The standard InChI is InChI=1S/C24H37NO16/c1-11(26)33-8-17(36-13(3)28)18(9-34-12(2)27)40-20(7-25)35-10-19-21(37-14(4)29)22(38-15(5)30)23(24(32)41-19)39-16(6)31/h17-24,32H,7-10,25H2,1-6H3/t17-,18?,19?,20-,21+,22?,23?,24-/m0/s1. The lowest BCUT2D eigenvalue weighted by atomic mass is 9.98. The molecule has 41 heavy (non-hydrogen) atoms. The summed E-state index contributed by atoms with van der Waals surface area (Å²) in [4.78, 5) is 69.6. The monoisotopic (exact) mass is 595 g/mol. The molecule has 4 unspecified atom stereocenters. The summed E-state index contributed by atoms with van der Waals surface area (Å²) in [7, 11) is 0. The molecule has 234 valence electrons. The van der Waals surface area contributed by atoms with Gasteiger partial charge in [0, 0.05) is 48.1 Å². The van der Waals surface area contributed by atoms with Gasteiger partial charge in [0.2, 0.25) is 0 Å². The molecule has 0 aromatic heterocycles. The molecule has 1 heterocycles. The highest BCUT2D eigenvalue weighted by Gasteiger charge is 2.51. The number of hydrogen-bond donors (Lipinski definition) is 2. The minimum absolute atomic E-state index is 0.326. The Hall–Kier alpha value is -3.38. The molecule has 0 spiro atoms. The van der Waals surface area contributed by atoms with E-state index in [1.54, 1.807) is 0 Å². The number of rotatable bonds is 15. The molecule has 3 N–H and O–H groups in total. The maximum atomic E-state index is 11.8. The number of carbonyl (C=O) groups is 6. The number of ether oxygens (including phenoxy) is 9. The lowest BCUT2D eigenvalue weighted by molar-refractivity contribution is -0.305. The summed E-state index contributed by atoms with van der Waals surface area (Å²) in [6.07, 6.45) is -11.4. The van der Waals surface area contributed by atoms with E-state index < -0.39 is 105 Å². The third-order valence-corrected chi connectivity index (χ3v) is 5.11.